The Labute approximate surface area is 161 Å². The molecule has 3 rings (SSSR count). The van der Waals surface area contributed by atoms with Crippen LogP contribution in [0.5, 0.6) is 5.75 Å². The van der Waals surface area contributed by atoms with Crippen molar-refractivity contribution in [3.8, 4) is 5.75 Å². The molecular formula is C22H30N2O3. The van der Waals surface area contributed by atoms with Crippen molar-refractivity contribution in [1.29, 1.82) is 0 Å². The average molecular weight is 370 g/mol. The maximum atomic E-state index is 11.7. The van der Waals surface area contributed by atoms with Gasteiger partial charge in [-0.2, -0.15) is 0 Å². The van der Waals surface area contributed by atoms with Crippen molar-refractivity contribution in [2.24, 2.45) is 5.92 Å². The summed E-state index contributed by atoms with van der Waals surface area (Å²) in [4.78, 5) is 16.2. The third-order valence-electron chi connectivity index (χ3n) is 5.55. The number of hydrogen-bond donors (Lipinski definition) is 1. The van der Waals surface area contributed by atoms with Crippen LogP contribution >= 0.6 is 0 Å². The van der Waals surface area contributed by atoms with Crippen molar-refractivity contribution in [2.45, 2.75) is 32.4 Å². The van der Waals surface area contributed by atoms with Gasteiger partial charge in [-0.05, 0) is 50.7 Å². The molecule has 2 atom stereocenters. The quantitative estimate of drug-likeness (QED) is 0.844. The van der Waals surface area contributed by atoms with Gasteiger partial charge in [0.05, 0.1) is 12.5 Å². The van der Waals surface area contributed by atoms with Gasteiger partial charge in [0.2, 0.25) is 0 Å². The van der Waals surface area contributed by atoms with Crippen molar-refractivity contribution >= 4 is 16.7 Å². The zero-order valence-electron chi connectivity index (χ0n) is 16.5. The Morgan fingerprint density at radius 2 is 1.96 bits per heavy atom. The molecule has 0 aromatic heterocycles. The Kier molecular flexibility index (Phi) is 6.34. The molecule has 1 heterocycles. The van der Waals surface area contributed by atoms with Crippen molar-refractivity contribution in [2.75, 3.05) is 33.8 Å². The van der Waals surface area contributed by atoms with Gasteiger partial charge in [0.15, 0.2) is 0 Å². The molecule has 0 bridgehead atoms. The van der Waals surface area contributed by atoms with Crippen LogP contribution in [0.2, 0.25) is 0 Å². The number of carboxylic acid groups (broad SMARTS) is 1. The number of fused-ring (bicyclic) bond motifs is 1. The van der Waals surface area contributed by atoms with E-state index in [1.807, 2.05) is 25.1 Å². The first-order valence-corrected chi connectivity index (χ1v) is 9.74. The van der Waals surface area contributed by atoms with Crippen LogP contribution in [0.4, 0.5) is 0 Å². The maximum absolute atomic E-state index is 11.7. The van der Waals surface area contributed by atoms with Gasteiger partial charge in [0.25, 0.3) is 0 Å². The van der Waals surface area contributed by atoms with Crippen LogP contribution in [-0.2, 0) is 11.3 Å². The summed E-state index contributed by atoms with van der Waals surface area (Å²) in [6.45, 7) is 4.75. The van der Waals surface area contributed by atoms with Crippen LogP contribution in [0.3, 0.4) is 0 Å². The summed E-state index contributed by atoms with van der Waals surface area (Å²) in [7, 11) is 4.15. The topological polar surface area (TPSA) is 53.0 Å². The second kappa shape index (κ2) is 8.72. The standard InChI is InChI=1S/C22H30N2O3/c1-4-27-21-12-10-16-7-5-6-8-19(16)20(21)15-24-13-17(22(25)26)9-11-18(14-24)23(2)3/h5-8,10,12,17-18H,4,9,11,13-15H2,1-3H3,(H,25,26)/t17-,18+/m0/s1. The van der Waals surface area contributed by atoms with E-state index in [1.54, 1.807) is 0 Å². The lowest BCUT2D eigenvalue weighted by molar-refractivity contribution is -0.142. The van der Waals surface area contributed by atoms with E-state index < -0.39 is 5.97 Å². The van der Waals surface area contributed by atoms with Gasteiger partial charge in [-0.1, -0.05) is 30.3 Å². The number of benzene rings is 2. The molecule has 0 amide bonds. The van der Waals surface area contributed by atoms with E-state index in [0.29, 0.717) is 25.7 Å². The third-order valence-corrected chi connectivity index (χ3v) is 5.55. The summed E-state index contributed by atoms with van der Waals surface area (Å²) in [5.41, 5.74) is 1.15. The molecule has 27 heavy (non-hydrogen) atoms. The Morgan fingerprint density at radius 3 is 2.67 bits per heavy atom. The molecule has 0 aliphatic carbocycles. The Balaban J connectivity index is 1.95. The SMILES string of the molecule is CCOc1ccc2ccccc2c1CN1C[C@@H](C(=O)O)CC[C@@H](N(C)C)C1. The van der Waals surface area contributed by atoms with E-state index in [2.05, 4.69) is 42.1 Å². The van der Waals surface area contributed by atoms with E-state index in [-0.39, 0.29) is 5.92 Å². The molecule has 1 saturated heterocycles. The van der Waals surface area contributed by atoms with Gasteiger partial charge in [-0.25, -0.2) is 0 Å². The van der Waals surface area contributed by atoms with Crippen LogP contribution in [0.15, 0.2) is 36.4 Å². The van der Waals surface area contributed by atoms with Crippen molar-refractivity contribution in [3.05, 3.63) is 42.0 Å². The van der Waals surface area contributed by atoms with Crippen LogP contribution in [0.25, 0.3) is 10.8 Å². The molecule has 5 heteroatoms. The lowest BCUT2D eigenvalue weighted by Gasteiger charge is -2.29. The molecule has 0 spiro atoms. The number of nitrogens with zero attached hydrogens (tertiary/aromatic N) is 2. The molecule has 146 valence electrons. The second-order valence-corrected chi connectivity index (χ2v) is 7.62. The molecule has 0 saturated carbocycles. The van der Waals surface area contributed by atoms with E-state index >= 15 is 0 Å². The van der Waals surface area contributed by atoms with Gasteiger partial charge in [0, 0.05) is 31.2 Å². The van der Waals surface area contributed by atoms with Gasteiger partial charge < -0.3 is 14.7 Å². The molecule has 2 aromatic carbocycles. The van der Waals surface area contributed by atoms with Crippen molar-refractivity contribution < 1.29 is 14.6 Å². The van der Waals surface area contributed by atoms with E-state index in [1.165, 1.54) is 10.8 Å². The fourth-order valence-electron chi connectivity index (χ4n) is 4.01. The number of hydrogen-bond acceptors (Lipinski definition) is 4. The fraction of sp³-hybridized carbons (Fsp3) is 0.500. The van der Waals surface area contributed by atoms with Gasteiger partial charge in [0.1, 0.15) is 5.75 Å². The number of aliphatic carboxylic acids is 1. The maximum Gasteiger partial charge on any atom is 0.307 e. The normalized spacial score (nSPS) is 21.3. The summed E-state index contributed by atoms with van der Waals surface area (Å²) in [5, 5.41) is 12.0. The number of carboxylic acids is 1. The monoisotopic (exact) mass is 370 g/mol. The highest BCUT2D eigenvalue weighted by molar-refractivity contribution is 5.87. The Hall–Kier alpha value is -2.11. The van der Waals surface area contributed by atoms with E-state index in [9.17, 15) is 9.90 Å². The summed E-state index contributed by atoms with van der Waals surface area (Å²) in [6, 6.07) is 12.8. The molecule has 0 radical (unpaired) electrons. The van der Waals surface area contributed by atoms with Gasteiger partial charge in [-0.3, -0.25) is 9.69 Å². The van der Waals surface area contributed by atoms with Crippen molar-refractivity contribution in [1.82, 2.24) is 9.80 Å². The second-order valence-electron chi connectivity index (χ2n) is 7.62. The minimum atomic E-state index is -0.692. The number of carbonyl (C=O) groups is 1. The predicted molar refractivity (Wildman–Crippen MR) is 108 cm³/mol. The largest absolute Gasteiger partial charge is 0.494 e. The van der Waals surface area contributed by atoms with Gasteiger partial charge in [-0.15, -0.1) is 0 Å². The van der Waals surface area contributed by atoms with E-state index in [4.69, 9.17) is 4.74 Å². The van der Waals surface area contributed by atoms with Crippen molar-refractivity contribution in [3.63, 3.8) is 0 Å². The minimum absolute atomic E-state index is 0.319. The fourth-order valence-corrected chi connectivity index (χ4v) is 4.01. The Bertz CT molecular complexity index is 790. The van der Waals surface area contributed by atoms with Crippen LogP contribution in [0.1, 0.15) is 25.3 Å². The Morgan fingerprint density at radius 1 is 1.19 bits per heavy atom. The molecule has 1 aliphatic rings. The van der Waals surface area contributed by atoms with Crippen LogP contribution in [-0.4, -0.2) is 60.7 Å². The smallest absolute Gasteiger partial charge is 0.307 e. The first-order chi connectivity index (χ1) is 13.0. The minimum Gasteiger partial charge on any atom is -0.494 e. The molecule has 2 aromatic rings. The number of likely N-dealkylation sites (tertiary alicyclic amines) is 1. The highest BCUT2D eigenvalue weighted by atomic mass is 16.5. The predicted octanol–water partition coefficient (Wildman–Crippen LogP) is 3.47. The van der Waals surface area contributed by atoms with Crippen LogP contribution in [0, 0.1) is 5.92 Å². The summed E-state index contributed by atoms with van der Waals surface area (Å²) < 4.78 is 5.91. The average Bonchev–Trinajstić information content (AvgIpc) is 2.87. The molecule has 0 unspecified atom stereocenters. The number of ether oxygens (including phenoxy) is 1. The summed E-state index contributed by atoms with van der Waals surface area (Å²) in [6.07, 6.45) is 1.64. The zero-order chi connectivity index (χ0) is 19.4. The first-order valence-electron chi connectivity index (χ1n) is 9.74. The lowest BCUT2D eigenvalue weighted by Crippen LogP contribution is -2.39. The zero-order valence-corrected chi connectivity index (χ0v) is 16.5. The number of rotatable bonds is 6. The van der Waals surface area contributed by atoms with Crippen LogP contribution < -0.4 is 4.74 Å². The highest BCUT2D eigenvalue weighted by Crippen LogP contribution is 2.31. The molecule has 1 fully saturated rings. The van der Waals surface area contributed by atoms with E-state index in [0.717, 1.165) is 30.7 Å². The lowest BCUT2D eigenvalue weighted by atomic mass is 10.0. The molecule has 5 nitrogen and oxygen atoms in total. The third kappa shape index (κ3) is 4.60. The molecular weight excluding hydrogens is 340 g/mol. The first kappa shape index (κ1) is 19.6. The molecule has 1 N–H and O–H groups in total. The summed E-state index contributed by atoms with van der Waals surface area (Å²) >= 11 is 0. The molecule has 1 aliphatic heterocycles. The highest BCUT2D eigenvalue weighted by Gasteiger charge is 2.29. The number of likely N-dealkylation sites (N-methyl/N-ethyl adjacent to an activating group) is 1. The van der Waals surface area contributed by atoms with Gasteiger partial charge >= 0.3 is 5.97 Å². The summed E-state index contributed by atoms with van der Waals surface area (Å²) in [5.74, 6) is -0.114.